The van der Waals surface area contributed by atoms with Crippen LogP contribution < -0.4 is 10.2 Å². The van der Waals surface area contributed by atoms with Gasteiger partial charge in [-0.1, -0.05) is 26.8 Å². The van der Waals surface area contributed by atoms with E-state index in [-0.39, 0.29) is 0 Å². The molecule has 1 aliphatic heterocycles. The van der Waals surface area contributed by atoms with E-state index in [2.05, 4.69) is 55.0 Å². The van der Waals surface area contributed by atoms with Crippen LogP contribution in [0, 0.1) is 5.41 Å². The van der Waals surface area contributed by atoms with Crippen molar-refractivity contribution in [3.05, 3.63) is 23.9 Å². The summed E-state index contributed by atoms with van der Waals surface area (Å²) in [7, 11) is 0. The van der Waals surface area contributed by atoms with Crippen LogP contribution in [0.25, 0.3) is 0 Å². The largest absolute Gasteiger partial charge is 0.357 e. The highest BCUT2D eigenvalue weighted by Gasteiger charge is 2.23. The summed E-state index contributed by atoms with van der Waals surface area (Å²) in [5, 5.41) is 3.43. The van der Waals surface area contributed by atoms with Gasteiger partial charge in [-0.15, -0.1) is 0 Å². The quantitative estimate of drug-likeness (QED) is 0.906. The van der Waals surface area contributed by atoms with E-state index in [4.69, 9.17) is 0 Å². The third-order valence-corrected chi connectivity index (χ3v) is 4.45. The van der Waals surface area contributed by atoms with Crippen LogP contribution in [0.4, 0.5) is 5.82 Å². The summed E-state index contributed by atoms with van der Waals surface area (Å²) in [5.74, 6) is 1.13. The van der Waals surface area contributed by atoms with E-state index in [9.17, 15) is 0 Å². The van der Waals surface area contributed by atoms with Crippen molar-refractivity contribution in [2.24, 2.45) is 5.41 Å². The van der Waals surface area contributed by atoms with Gasteiger partial charge in [0.1, 0.15) is 5.82 Å². The van der Waals surface area contributed by atoms with Gasteiger partial charge >= 0.3 is 0 Å². The first-order valence-electron chi connectivity index (χ1n) is 7.96. The van der Waals surface area contributed by atoms with Crippen molar-refractivity contribution in [1.29, 1.82) is 0 Å². The Morgan fingerprint density at radius 2 is 2.10 bits per heavy atom. The zero-order valence-electron chi connectivity index (χ0n) is 13.4. The molecule has 3 heteroatoms. The van der Waals surface area contributed by atoms with Crippen LogP contribution in [-0.2, 0) is 0 Å². The molecule has 1 saturated heterocycles. The number of nitrogens with one attached hydrogen (secondary N) is 1. The van der Waals surface area contributed by atoms with Crippen LogP contribution in [0.15, 0.2) is 18.3 Å². The van der Waals surface area contributed by atoms with Crippen molar-refractivity contribution >= 4 is 5.82 Å². The number of hydrogen-bond donors (Lipinski definition) is 1. The fourth-order valence-corrected chi connectivity index (χ4v) is 2.92. The first-order valence-corrected chi connectivity index (χ1v) is 7.96. The van der Waals surface area contributed by atoms with Gasteiger partial charge in [0.15, 0.2) is 0 Å². The zero-order chi connectivity index (χ0) is 14.6. The lowest BCUT2D eigenvalue weighted by Gasteiger charge is -2.24. The molecule has 1 aliphatic rings. The van der Waals surface area contributed by atoms with Gasteiger partial charge < -0.3 is 10.2 Å². The average Bonchev–Trinajstić information content (AvgIpc) is 2.60. The topological polar surface area (TPSA) is 28.2 Å². The summed E-state index contributed by atoms with van der Waals surface area (Å²) in [5.41, 5.74) is 1.75. The maximum atomic E-state index is 4.68. The highest BCUT2D eigenvalue weighted by Crippen LogP contribution is 2.31. The van der Waals surface area contributed by atoms with E-state index in [1.54, 1.807) is 0 Å². The smallest absolute Gasteiger partial charge is 0.128 e. The molecule has 1 aromatic rings. The van der Waals surface area contributed by atoms with Crippen LogP contribution in [0.5, 0.6) is 0 Å². The summed E-state index contributed by atoms with van der Waals surface area (Å²) in [4.78, 5) is 7.12. The van der Waals surface area contributed by atoms with E-state index in [1.165, 1.54) is 24.8 Å². The van der Waals surface area contributed by atoms with Crippen LogP contribution in [0.2, 0.25) is 0 Å². The van der Waals surface area contributed by atoms with Crippen molar-refractivity contribution < 1.29 is 0 Å². The molecular formula is C17H29N3. The van der Waals surface area contributed by atoms with Crippen molar-refractivity contribution in [3.63, 3.8) is 0 Å². The van der Waals surface area contributed by atoms with Gasteiger partial charge in [-0.2, -0.15) is 0 Å². The van der Waals surface area contributed by atoms with Crippen LogP contribution >= 0.6 is 0 Å². The molecule has 0 bridgehead atoms. The normalized spacial score (nSPS) is 20.5. The molecule has 2 rings (SSSR count). The van der Waals surface area contributed by atoms with Gasteiger partial charge in [-0.25, -0.2) is 4.98 Å². The fourth-order valence-electron chi connectivity index (χ4n) is 2.92. The summed E-state index contributed by atoms with van der Waals surface area (Å²) < 4.78 is 0. The molecule has 1 aromatic heterocycles. The Kier molecular flexibility index (Phi) is 5.03. The number of aromatic nitrogens is 1. The van der Waals surface area contributed by atoms with E-state index in [0.29, 0.717) is 11.5 Å². The number of rotatable bonds is 4. The first-order chi connectivity index (χ1) is 9.52. The summed E-state index contributed by atoms with van der Waals surface area (Å²) in [6, 6.07) is 4.78. The lowest BCUT2D eigenvalue weighted by Crippen LogP contribution is -2.26. The molecule has 1 fully saturated rings. The number of nitrogens with zero attached hydrogens (tertiary/aromatic N) is 2. The molecule has 0 aromatic carbocycles. The van der Waals surface area contributed by atoms with Crippen molar-refractivity contribution in [2.75, 3.05) is 24.5 Å². The number of anilines is 1. The molecule has 3 nitrogen and oxygen atoms in total. The van der Waals surface area contributed by atoms with Crippen molar-refractivity contribution in [1.82, 2.24) is 10.3 Å². The highest BCUT2D eigenvalue weighted by atomic mass is 15.2. The maximum absolute atomic E-state index is 4.68. The molecule has 0 aliphatic carbocycles. The fraction of sp³-hybridized carbons (Fsp3) is 0.706. The number of pyridine rings is 1. The van der Waals surface area contributed by atoms with E-state index in [0.717, 1.165) is 25.5 Å². The van der Waals surface area contributed by atoms with Crippen LogP contribution in [-0.4, -0.2) is 24.6 Å². The van der Waals surface area contributed by atoms with E-state index in [1.807, 2.05) is 6.20 Å². The van der Waals surface area contributed by atoms with Crippen molar-refractivity contribution in [3.8, 4) is 0 Å². The lowest BCUT2D eigenvalue weighted by atomic mass is 9.85. The summed E-state index contributed by atoms with van der Waals surface area (Å²) in [6.45, 7) is 12.3. The second-order valence-corrected chi connectivity index (χ2v) is 6.73. The predicted octanol–water partition coefficient (Wildman–Crippen LogP) is 3.77. The summed E-state index contributed by atoms with van der Waals surface area (Å²) >= 11 is 0. The average molecular weight is 275 g/mol. The standard InChI is InChI=1S/C17H29N3/c1-5-18-14(2)15-7-8-16(19-13-15)20-11-6-9-17(3,4)10-12-20/h7-8,13-14,18H,5-6,9-12H2,1-4H3. The molecule has 1 unspecified atom stereocenters. The Bertz CT molecular complexity index is 411. The number of hydrogen-bond acceptors (Lipinski definition) is 3. The van der Waals surface area contributed by atoms with Gasteiger partial charge in [-0.3, -0.25) is 0 Å². The molecule has 0 amide bonds. The molecule has 0 saturated carbocycles. The molecule has 0 radical (unpaired) electrons. The Morgan fingerprint density at radius 3 is 2.75 bits per heavy atom. The van der Waals surface area contributed by atoms with Crippen LogP contribution in [0.3, 0.4) is 0 Å². The van der Waals surface area contributed by atoms with E-state index < -0.39 is 0 Å². The van der Waals surface area contributed by atoms with Gasteiger partial charge in [0.2, 0.25) is 0 Å². The molecule has 0 spiro atoms. The Morgan fingerprint density at radius 1 is 1.30 bits per heavy atom. The third-order valence-electron chi connectivity index (χ3n) is 4.45. The Hall–Kier alpha value is -1.09. The molecule has 20 heavy (non-hydrogen) atoms. The molecular weight excluding hydrogens is 246 g/mol. The molecule has 2 heterocycles. The summed E-state index contributed by atoms with van der Waals surface area (Å²) in [6.07, 6.45) is 5.87. The van der Waals surface area contributed by atoms with Crippen LogP contribution in [0.1, 0.15) is 58.6 Å². The predicted molar refractivity (Wildman–Crippen MR) is 86.2 cm³/mol. The first kappa shape index (κ1) is 15.3. The van der Waals surface area contributed by atoms with Crippen molar-refractivity contribution in [2.45, 2.75) is 53.0 Å². The Balaban J connectivity index is 2.02. The molecule has 1 atom stereocenters. The Labute approximate surface area is 123 Å². The van der Waals surface area contributed by atoms with E-state index >= 15 is 0 Å². The van der Waals surface area contributed by atoms with Gasteiger partial charge in [0, 0.05) is 25.3 Å². The zero-order valence-corrected chi connectivity index (χ0v) is 13.4. The highest BCUT2D eigenvalue weighted by molar-refractivity contribution is 5.40. The lowest BCUT2D eigenvalue weighted by molar-refractivity contribution is 0.325. The minimum atomic E-state index is 0.379. The SMILES string of the molecule is CCNC(C)c1ccc(N2CCCC(C)(C)CC2)nc1. The van der Waals surface area contributed by atoms with Gasteiger partial charge in [0.25, 0.3) is 0 Å². The monoisotopic (exact) mass is 275 g/mol. The molecule has 112 valence electrons. The molecule has 1 N–H and O–H groups in total. The minimum absolute atomic E-state index is 0.379. The maximum Gasteiger partial charge on any atom is 0.128 e. The van der Waals surface area contributed by atoms with Gasteiger partial charge in [0.05, 0.1) is 0 Å². The van der Waals surface area contributed by atoms with Gasteiger partial charge in [-0.05, 0) is 49.8 Å². The second-order valence-electron chi connectivity index (χ2n) is 6.73. The second kappa shape index (κ2) is 6.57. The third kappa shape index (κ3) is 3.95. The minimum Gasteiger partial charge on any atom is -0.357 e.